The van der Waals surface area contributed by atoms with Gasteiger partial charge in [0.15, 0.2) is 0 Å². The van der Waals surface area contributed by atoms with Gasteiger partial charge in [0.05, 0.1) is 22.4 Å². The van der Waals surface area contributed by atoms with Gasteiger partial charge in [0.1, 0.15) is 12.1 Å². The van der Waals surface area contributed by atoms with Crippen LogP contribution < -0.4 is 10.6 Å². The number of imidazole rings is 1. The molecule has 0 saturated heterocycles. The quantitative estimate of drug-likeness (QED) is 0.473. The van der Waals surface area contributed by atoms with E-state index in [2.05, 4.69) is 27.2 Å². The molecule has 0 spiro atoms. The van der Waals surface area contributed by atoms with Crippen molar-refractivity contribution in [2.24, 2.45) is 0 Å². The SMILES string of the molecule is C=C(NC1CC1)c1cc(-n2cnc3ccccc32)nc(NCCc2ccncc2)n1. The Hall–Kier alpha value is -3.74. The second-order valence-corrected chi connectivity index (χ2v) is 7.47. The van der Waals surface area contributed by atoms with Gasteiger partial charge in [-0.1, -0.05) is 18.7 Å². The summed E-state index contributed by atoms with van der Waals surface area (Å²) in [6.07, 6.45) is 8.64. The van der Waals surface area contributed by atoms with Crippen molar-refractivity contribution in [1.82, 2.24) is 29.8 Å². The highest BCUT2D eigenvalue weighted by molar-refractivity contribution is 5.77. The van der Waals surface area contributed by atoms with Crippen LogP contribution in [0, 0.1) is 0 Å². The highest BCUT2D eigenvalue weighted by Crippen LogP contribution is 2.24. The van der Waals surface area contributed by atoms with Gasteiger partial charge in [-0.25, -0.2) is 9.97 Å². The Labute approximate surface area is 174 Å². The van der Waals surface area contributed by atoms with Crippen LogP contribution in [0.25, 0.3) is 22.5 Å². The molecule has 1 fully saturated rings. The van der Waals surface area contributed by atoms with Crippen LogP contribution in [0.2, 0.25) is 0 Å². The van der Waals surface area contributed by atoms with Gasteiger partial charge in [-0.2, -0.15) is 4.98 Å². The Balaban J connectivity index is 1.44. The predicted molar refractivity (Wildman–Crippen MR) is 118 cm³/mol. The van der Waals surface area contributed by atoms with E-state index in [-0.39, 0.29) is 0 Å². The zero-order valence-corrected chi connectivity index (χ0v) is 16.6. The minimum absolute atomic E-state index is 0.507. The molecule has 0 unspecified atom stereocenters. The summed E-state index contributed by atoms with van der Waals surface area (Å²) in [7, 11) is 0. The van der Waals surface area contributed by atoms with Crippen LogP contribution in [-0.2, 0) is 6.42 Å². The van der Waals surface area contributed by atoms with E-state index in [4.69, 9.17) is 9.97 Å². The van der Waals surface area contributed by atoms with Crippen molar-refractivity contribution in [1.29, 1.82) is 0 Å². The summed E-state index contributed by atoms with van der Waals surface area (Å²) in [4.78, 5) is 18.0. The third-order valence-corrected chi connectivity index (χ3v) is 5.12. The molecule has 1 aromatic carbocycles. The molecule has 1 saturated carbocycles. The van der Waals surface area contributed by atoms with Crippen molar-refractivity contribution >= 4 is 22.7 Å². The number of anilines is 1. The van der Waals surface area contributed by atoms with Crippen LogP contribution in [0.5, 0.6) is 0 Å². The first-order valence-electron chi connectivity index (χ1n) is 10.2. The monoisotopic (exact) mass is 397 g/mol. The molecule has 30 heavy (non-hydrogen) atoms. The number of rotatable bonds is 8. The summed E-state index contributed by atoms with van der Waals surface area (Å²) >= 11 is 0. The van der Waals surface area contributed by atoms with Gasteiger partial charge in [0.2, 0.25) is 5.95 Å². The van der Waals surface area contributed by atoms with Gasteiger partial charge in [-0.05, 0) is 49.1 Å². The van der Waals surface area contributed by atoms with Crippen molar-refractivity contribution in [2.45, 2.75) is 25.3 Å². The standard InChI is InChI=1S/C23H23N7/c1-16(27-18-6-7-18)20-14-22(30-15-26-19-4-2-3-5-21(19)30)29-23(28-20)25-13-10-17-8-11-24-12-9-17/h2-5,8-9,11-12,14-15,18,27H,1,6-7,10,13H2,(H,25,28,29). The number of hydrogen-bond acceptors (Lipinski definition) is 6. The number of benzene rings is 1. The van der Waals surface area contributed by atoms with E-state index in [0.29, 0.717) is 12.0 Å². The third-order valence-electron chi connectivity index (χ3n) is 5.12. The van der Waals surface area contributed by atoms with Crippen LogP contribution in [0.4, 0.5) is 5.95 Å². The number of aromatic nitrogens is 5. The Morgan fingerprint density at radius 2 is 1.93 bits per heavy atom. The van der Waals surface area contributed by atoms with Crippen molar-refractivity contribution in [3.05, 3.63) is 79.0 Å². The summed E-state index contributed by atoms with van der Waals surface area (Å²) in [6.45, 7) is 4.92. The molecule has 1 aliphatic rings. The summed E-state index contributed by atoms with van der Waals surface area (Å²) in [5, 5.41) is 6.81. The molecule has 0 aliphatic heterocycles. The second kappa shape index (κ2) is 7.94. The minimum Gasteiger partial charge on any atom is -0.381 e. The lowest BCUT2D eigenvalue weighted by Crippen LogP contribution is -2.17. The maximum atomic E-state index is 4.75. The van der Waals surface area contributed by atoms with E-state index in [9.17, 15) is 0 Å². The van der Waals surface area contributed by atoms with E-state index in [1.807, 2.05) is 59.4 Å². The number of nitrogens with one attached hydrogen (secondary N) is 2. The lowest BCUT2D eigenvalue weighted by molar-refractivity contribution is 0.871. The third kappa shape index (κ3) is 4.00. The van der Waals surface area contributed by atoms with E-state index >= 15 is 0 Å². The van der Waals surface area contributed by atoms with Crippen molar-refractivity contribution in [3.63, 3.8) is 0 Å². The predicted octanol–water partition coefficient (Wildman–Crippen LogP) is 3.59. The molecule has 5 rings (SSSR count). The van der Waals surface area contributed by atoms with E-state index in [1.54, 1.807) is 6.33 Å². The molecule has 0 radical (unpaired) electrons. The fourth-order valence-electron chi connectivity index (χ4n) is 3.35. The molecule has 0 amide bonds. The molecule has 2 N–H and O–H groups in total. The van der Waals surface area contributed by atoms with Crippen LogP contribution in [0.15, 0.2) is 67.8 Å². The second-order valence-electron chi connectivity index (χ2n) is 7.47. The first-order valence-corrected chi connectivity index (χ1v) is 10.2. The minimum atomic E-state index is 0.507. The van der Waals surface area contributed by atoms with Gasteiger partial charge >= 0.3 is 0 Å². The number of fused-ring (bicyclic) bond motifs is 1. The van der Waals surface area contributed by atoms with Gasteiger partial charge < -0.3 is 10.6 Å². The van der Waals surface area contributed by atoms with Crippen molar-refractivity contribution in [3.8, 4) is 5.82 Å². The lowest BCUT2D eigenvalue weighted by atomic mass is 10.2. The highest BCUT2D eigenvalue weighted by Gasteiger charge is 2.22. The van der Waals surface area contributed by atoms with Crippen LogP contribution in [0.1, 0.15) is 24.1 Å². The fraction of sp³-hybridized carbons (Fsp3) is 0.217. The Bertz CT molecular complexity index is 1180. The first-order chi connectivity index (χ1) is 14.8. The largest absolute Gasteiger partial charge is 0.381 e. The van der Waals surface area contributed by atoms with Crippen molar-refractivity contribution < 1.29 is 0 Å². The molecule has 0 atom stereocenters. The van der Waals surface area contributed by atoms with Crippen LogP contribution in [-0.4, -0.2) is 37.1 Å². The molecular weight excluding hydrogens is 374 g/mol. The summed E-state index contributed by atoms with van der Waals surface area (Å²) in [5.41, 5.74) is 4.76. The van der Waals surface area contributed by atoms with Crippen molar-refractivity contribution in [2.75, 3.05) is 11.9 Å². The molecule has 3 heterocycles. The normalized spacial score (nSPS) is 13.3. The van der Waals surface area contributed by atoms with Gasteiger partial charge in [0.25, 0.3) is 0 Å². The Morgan fingerprint density at radius 1 is 1.10 bits per heavy atom. The molecule has 7 nitrogen and oxygen atoms in total. The molecule has 4 aromatic rings. The molecular formula is C23H23N7. The fourth-order valence-corrected chi connectivity index (χ4v) is 3.35. The average molecular weight is 397 g/mol. The van der Waals surface area contributed by atoms with Gasteiger partial charge in [-0.3, -0.25) is 9.55 Å². The zero-order valence-electron chi connectivity index (χ0n) is 16.6. The molecule has 7 heteroatoms. The number of hydrogen-bond donors (Lipinski definition) is 2. The average Bonchev–Trinajstić information content (AvgIpc) is 3.49. The first kappa shape index (κ1) is 18.3. The Morgan fingerprint density at radius 3 is 2.77 bits per heavy atom. The van der Waals surface area contributed by atoms with Crippen LogP contribution >= 0.6 is 0 Å². The van der Waals surface area contributed by atoms with Gasteiger partial charge in [0, 0.05) is 31.0 Å². The van der Waals surface area contributed by atoms with E-state index in [1.165, 1.54) is 18.4 Å². The summed E-state index contributed by atoms with van der Waals surface area (Å²) in [6, 6.07) is 14.5. The molecule has 150 valence electrons. The number of para-hydroxylation sites is 2. The van der Waals surface area contributed by atoms with E-state index in [0.717, 1.165) is 41.2 Å². The van der Waals surface area contributed by atoms with Gasteiger partial charge in [-0.15, -0.1) is 0 Å². The Kier molecular flexibility index (Phi) is 4.85. The smallest absolute Gasteiger partial charge is 0.225 e. The molecule has 1 aliphatic carbocycles. The molecule has 3 aromatic heterocycles. The summed E-state index contributed by atoms with van der Waals surface area (Å²) < 4.78 is 1.99. The zero-order chi connectivity index (χ0) is 20.3. The molecule has 0 bridgehead atoms. The maximum Gasteiger partial charge on any atom is 0.225 e. The lowest BCUT2D eigenvalue weighted by Gasteiger charge is -2.13. The highest BCUT2D eigenvalue weighted by atomic mass is 15.2. The number of pyridine rings is 1. The topological polar surface area (TPSA) is 80.5 Å². The number of nitrogens with zero attached hydrogens (tertiary/aromatic N) is 5. The van der Waals surface area contributed by atoms with E-state index < -0.39 is 0 Å². The summed E-state index contributed by atoms with van der Waals surface area (Å²) in [5.74, 6) is 1.34. The maximum absolute atomic E-state index is 4.75. The van der Waals surface area contributed by atoms with Crippen LogP contribution in [0.3, 0.4) is 0 Å².